The Morgan fingerprint density at radius 3 is 2.81 bits per heavy atom. The molecule has 0 aliphatic rings. The first-order valence-corrected chi connectivity index (χ1v) is 8.72. The summed E-state index contributed by atoms with van der Waals surface area (Å²) in [6.45, 7) is 5.92. The molecule has 110 valence electrons. The lowest BCUT2D eigenvalue weighted by molar-refractivity contribution is 0.573. The van der Waals surface area contributed by atoms with E-state index in [0.29, 0.717) is 6.04 Å². The lowest BCUT2D eigenvalue weighted by atomic mass is 10.2. The number of benzene rings is 1. The van der Waals surface area contributed by atoms with Crippen molar-refractivity contribution < 1.29 is 0 Å². The lowest BCUT2D eigenvalue weighted by Crippen LogP contribution is -2.22. The summed E-state index contributed by atoms with van der Waals surface area (Å²) in [5, 5.41) is 11.6. The molecule has 5 heteroatoms. The summed E-state index contributed by atoms with van der Waals surface area (Å²) in [7, 11) is 0. The van der Waals surface area contributed by atoms with Crippen LogP contribution in [0.1, 0.15) is 24.4 Å². The van der Waals surface area contributed by atoms with Gasteiger partial charge in [0.25, 0.3) is 0 Å². The normalized spacial score (nSPS) is 11.6. The molecule has 21 heavy (non-hydrogen) atoms. The van der Waals surface area contributed by atoms with Crippen LogP contribution in [0.3, 0.4) is 0 Å². The highest BCUT2D eigenvalue weighted by Gasteiger charge is 2.12. The van der Waals surface area contributed by atoms with E-state index in [9.17, 15) is 0 Å². The van der Waals surface area contributed by atoms with Crippen molar-refractivity contribution in [2.75, 3.05) is 0 Å². The van der Waals surface area contributed by atoms with Gasteiger partial charge in [-0.25, -0.2) is 0 Å². The Bertz CT molecular complexity index is 745. The van der Waals surface area contributed by atoms with Gasteiger partial charge in [0.2, 0.25) is 0 Å². The minimum Gasteiger partial charge on any atom is -0.309 e. The molecule has 0 aliphatic heterocycles. The molecule has 0 saturated heterocycles. The molecule has 0 atom stereocenters. The topological polar surface area (TPSA) is 29.9 Å². The number of nitrogens with one attached hydrogen (secondary N) is 1. The number of hydrogen-bond donors (Lipinski definition) is 1. The second-order valence-corrected chi connectivity index (χ2v) is 7.20. The van der Waals surface area contributed by atoms with Gasteiger partial charge in [0.15, 0.2) is 0 Å². The average Bonchev–Trinajstić information content (AvgIpc) is 3.02. The molecule has 0 saturated carbocycles. The molecule has 0 amide bonds. The number of fused-ring (bicyclic) bond motifs is 1. The maximum atomic E-state index is 4.82. The zero-order valence-electron chi connectivity index (χ0n) is 12.1. The molecule has 1 aromatic carbocycles. The summed E-state index contributed by atoms with van der Waals surface area (Å²) < 4.78 is 3.26. The van der Waals surface area contributed by atoms with Crippen LogP contribution in [-0.2, 0) is 13.1 Å². The molecule has 2 aromatic heterocycles. The van der Waals surface area contributed by atoms with Gasteiger partial charge in [-0.3, -0.25) is 4.68 Å². The van der Waals surface area contributed by atoms with Gasteiger partial charge >= 0.3 is 0 Å². The van der Waals surface area contributed by atoms with E-state index >= 15 is 0 Å². The van der Waals surface area contributed by atoms with Crippen molar-refractivity contribution in [2.45, 2.75) is 33.0 Å². The predicted molar refractivity (Wildman–Crippen MR) is 92.8 cm³/mol. The van der Waals surface area contributed by atoms with E-state index < -0.39 is 0 Å². The largest absolute Gasteiger partial charge is 0.309 e. The van der Waals surface area contributed by atoms with Crippen molar-refractivity contribution in [1.29, 1.82) is 0 Å². The van der Waals surface area contributed by atoms with Gasteiger partial charge in [-0.15, -0.1) is 11.3 Å². The van der Waals surface area contributed by atoms with Crippen LogP contribution in [0.25, 0.3) is 10.9 Å². The summed E-state index contributed by atoms with van der Waals surface area (Å²) >= 11 is 5.36. The van der Waals surface area contributed by atoms with Crippen molar-refractivity contribution in [3.8, 4) is 0 Å². The van der Waals surface area contributed by atoms with Crippen molar-refractivity contribution in [1.82, 2.24) is 15.1 Å². The van der Waals surface area contributed by atoms with Crippen LogP contribution in [0, 0.1) is 0 Å². The highest BCUT2D eigenvalue weighted by molar-refractivity contribution is 9.10. The fraction of sp³-hybridized carbons (Fsp3) is 0.312. The molecule has 0 aliphatic carbocycles. The summed E-state index contributed by atoms with van der Waals surface area (Å²) in [5.74, 6) is 0. The zero-order valence-corrected chi connectivity index (χ0v) is 14.5. The SMILES string of the molecule is CC(C)NCc1nn(Cc2sccc2Br)c2ccccc12. The summed E-state index contributed by atoms with van der Waals surface area (Å²) in [6, 6.07) is 11.0. The molecule has 3 nitrogen and oxygen atoms in total. The van der Waals surface area contributed by atoms with Gasteiger partial charge in [-0.05, 0) is 33.4 Å². The molecule has 0 bridgehead atoms. The smallest absolute Gasteiger partial charge is 0.0841 e. The van der Waals surface area contributed by atoms with Crippen molar-refractivity contribution in [2.24, 2.45) is 0 Å². The van der Waals surface area contributed by atoms with Gasteiger partial charge in [0, 0.05) is 27.3 Å². The zero-order chi connectivity index (χ0) is 14.8. The van der Waals surface area contributed by atoms with Crippen LogP contribution < -0.4 is 5.32 Å². The molecule has 2 heterocycles. The predicted octanol–water partition coefficient (Wildman–Crippen LogP) is 4.41. The van der Waals surface area contributed by atoms with E-state index in [0.717, 1.165) is 23.3 Å². The quantitative estimate of drug-likeness (QED) is 0.727. The minimum absolute atomic E-state index is 0.459. The van der Waals surface area contributed by atoms with Crippen LogP contribution in [0.15, 0.2) is 40.2 Å². The maximum Gasteiger partial charge on any atom is 0.0841 e. The minimum atomic E-state index is 0.459. The number of para-hydroxylation sites is 1. The first kappa shape index (κ1) is 14.8. The van der Waals surface area contributed by atoms with Gasteiger partial charge in [0.1, 0.15) is 0 Å². The van der Waals surface area contributed by atoms with Crippen molar-refractivity contribution in [3.05, 3.63) is 50.8 Å². The van der Waals surface area contributed by atoms with E-state index in [2.05, 4.69) is 75.5 Å². The third kappa shape index (κ3) is 3.20. The number of aromatic nitrogens is 2. The number of thiophene rings is 1. The third-order valence-corrected chi connectivity index (χ3v) is 5.31. The fourth-order valence-corrected chi connectivity index (χ4v) is 3.78. The van der Waals surface area contributed by atoms with Gasteiger partial charge < -0.3 is 5.32 Å². The second-order valence-electron chi connectivity index (χ2n) is 5.35. The summed E-state index contributed by atoms with van der Waals surface area (Å²) in [6.07, 6.45) is 0. The average molecular weight is 364 g/mol. The summed E-state index contributed by atoms with van der Waals surface area (Å²) in [4.78, 5) is 1.30. The van der Waals surface area contributed by atoms with Gasteiger partial charge in [-0.2, -0.15) is 5.10 Å². The first-order chi connectivity index (χ1) is 10.1. The van der Waals surface area contributed by atoms with Gasteiger partial charge in [0.05, 0.1) is 17.8 Å². The monoisotopic (exact) mass is 363 g/mol. The number of hydrogen-bond acceptors (Lipinski definition) is 3. The Labute approximate surface area is 137 Å². The third-order valence-electron chi connectivity index (χ3n) is 3.40. The number of nitrogens with zero attached hydrogens (tertiary/aromatic N) is 2. The molecular formula is C16H18BrN3S. The van der Waals surface area contributed by atoms with Gasteiger partial charge in [-0.1, -0.05) is 32.0 Å². The first-order valence-electron chi connectivity index (χ1n) is 7.05. The standard InChI is InChI=1S/C16H18BrN3S/c1-11(2)18-9-14-12-5-3-4-6-15(12)20(19-14)10-16-13(17)7-8-21-16/h3-8,11,18H,9-10H2,1-2H3. The Hall–Kier alpha value is -1.17. The molecule has 1 N–H and O–H groups in total. The number of rotatable bonds is 5. The Kier molecular flexibility index (Phi) is 4.42. The Morgan fingerprint density at radius 2 is 2.10 bits per heavy atom. The van der Waals surface area contributed by atoms with Crippen LogP contribution in [0.2, 0.25) is 0 Å². The van der Waals surface area contributed by atoms with E-state index in [1.54, 1.807) is 11.3 Å². The van der Waals surface area contributed by atoms with Crippen LogP contribution in [0.4, 0.5) is 0 Å². The molecular weight excluding hydrogens is 346 g/mol. The van der Waals surface area contributed by atoms with E-state index in [-0.39, 0.29) is 0 Å². The number of halogens is 1. The second kappa shape index (κ2) is 6.30. The van der Waals surface area contributed by atoms with E-state index in [1.807, 2.05) is 0 Å². The fourth-order valence-electron chi connectivity index (χ4n) is 2.32. The van der Waals surface area contributed by atoms with Crippen molar-refractivity contribution in [3.63, 3.8) is 0 Å². The van der Waals surface area contributed by atoms with E-state index in [4.69, 9.17) is 5.10 Å². The Morgan fingerprint density at radius 1 is 1.29 bits per heavy atom. The molecule has 0 radical (unpaired) electrons. The molecule has 3 rings (SSSR count). The highest BCUT2D eigenvalue weighted by Crippen LogP contribution is 2.26. The molecule has 0 spiro atoms. The summed E-state index contributed by atoms with van der Waals surface area (Å²) in [5.41, 5.74) is 2.31. The van der Waals surface area contributed by atoms with Crippen molar-refractivity contribution >= 4 is 38.2 Å². The van der Waals surface area contributed by atoms with E-state index in [1.165, 1.54) is 15.8 Å². The maximum absolute atomic E-state index is 4.82. The molecule has 0 fully saturated rings. The Balaban J connectivity index is 1.96. The highest BCUT2D eigenvalue weighted by atomic mass is 79.9. The molecule has 3 aromatic rings. The van der Waals surface area contributed by atoms with Crippen LogP contribution in [-0.4, -0.2) is 15.8 Å². The van der Waals surface area contributed by atoms with Crippen LogP contribution >= 0.6 is 27.3 Å². The van der Waals surface area contributed by atoms with Crippen LogP contribution in [0.5, 0.6) is 0 Å². The lowest BCUT2D eigenvalue weighted by Gasteiger charge is -2.05. The molecule has 0 unspecified atom stereocenters.